The number of benzene rings is 1. The summed E-state index contributed by atoms with van der Waals surface area (Å²) in [6, 6.07) is 6.73. The summed E-state index contributed by atoms with van der Waals surface area (Å²) in [5.41, 5.74) is 1.09. The van der Waals surface area contributed by atoms with E-state index in [9.17, 15) is 8.42 Å². The average molecular weight is 271 g/mol. The van der Waals surface area contributed by atoms with E-state index in [-0.39, 0.29) is 4.90 Å². The van der Waals surface area contributed by atoms with Crippen LogP contribution in [0, 0.1) is 0 Å². The third kappa shape index (κ3) is 2.35. The van der Waals surface area contributed by atoms with Gasteiger partial charge in [-0.15, -0.1) is 0 Å². The second-order valence-electron chi connectivity index (χ2n) is 3.53. The zero-order valence-corrected chi connectivity index (χ0v) is 10.7. The number of rotatable bonds is 3. The third-order valence-electron chi connectivity index (χ3n) is 2.40. The van der Waals surface area contributed by atoms with Gasteiger partial charge in [0.2, 0.25) is 0 Å². The van der Waals surface area contributed by atoms with E-state index in [0.29, 0.717) is 5.02 Å². The predicted octanol–water partition coefficient (Wildman–Crippen LogP) is 2.34. The molecule has 0 radical (unpaired) electrons. The van der Waals surface area contributed by atoms with E-state index in [1.165, 1.54) is 12.4 Å². The normalized spacial score (nSPS) is 11.6. The first-order valence-electron chi connectivity index (χ1n) is 5.08. The van der Waals surface area contributed by atoms with Crippen molar-refractivity contribution in [3.63, 3.8) is 0 Å². The Morgan fingerprint density at radius 2 is 1.94 bits per heavy atom. The van der Waals surface area contributed by atoms with Crippen LogP contribution < -0.4 is 0 Å². The molecule has 0 aliphatic rings. The third-order valence-corrected chi connectivity index (χ3v) is 4.16. The van der Waals surface area contributed by atoms with Crippen molar-refractivity contribution in [2.24, 2.45) is 0 Å². The molecule has 0 saturated heterocycles. The van der Waals surface area contributed by atoms with Gasteiger partial charge in [-0.05, 0) is 24.1 Å². The van der Waals surface area contributed by atoms with Gasteiger partial charge in [-0.2, -0.15) is 17.6 Å². The minimum Gasteiger partial charge on any atom is -0.199 e. The molecule has 0 N–H and O–H groups in total. The SMILES string of the molecule is CCc1ccc(S(=O)(=O)n2cc(Cl)cn2)cc1. The number of aryl methyl sites for hydroxylation is 1. The molecule has 0 aliphatic heterocycles. The number of halogens is 1. The predicted molar refractivity (Wildman–Crippen MR) is 65.6 cm³/mol. The van der Waals surface area contributed by atoms with Gasteiger partial charge in [-0.3, -0.25) is 0 Å². The molecule has 0 saturated carbocycles. The maximum absolute atomic E-state index is 12.1. The quantitative estimate of drug-likeness (QED) is 0.860. The molecule has 0 atom stereocenters. The second kappa shape index (κ2) is 4.50. The van der Waals surface area contributed by atoms with Gasteiger partial charge in [-0.25, -0.2) is 0 Å². The van der Waals surface area contributed by atoms with Crippen LogP contribution in [-0.2, 0) is 16.4 Å². The summed E-state index contributed by atoms with van der Waals surface area (Å²) in [5.74, 6) is 0. The lowest BCUT2D eigenvalue weighted by atomic mass is 10.2. The fourth-order valence-corrected chi connectivity index (χ4v) is 2.73. The summed E-state index contributed by atoms with van der Waals surface area (Å²) < 4.78 is 25.0. The zero-order valence-electron chi connectivity index (χ0n) is 9.17. The maximum Gasteiger partial charge on any atom is 0.282 e. The standard InChI is InChI=1S/C11H11ClN2O2S/c1-2-9-3-5-11(6-4-9)17(15,16)14-8-10(12)7-13-14/h3-8H,2H2,1H3. The van der Waals surface area contributed by atoms with Crippen molar-refractivity contribution in [3.8, 4) is 0 Å². The van der Waals surface area contributed by atoms with Crippen LogP contribution in [0.5, 0.6) is 0 Å². The average Bonchev–Trinajstić information content (AvgIpc) is 2.77. The van der Waals surface area contributed by atoms with Crippen LogP contribution in [0.4, 0.5) is 0 Å². The van der Waals surface area contributed by atoms with E-state index in [0.717, 1.165) is 16.1 Å². The summed E-state index contributed by atoms with van der Waals surface area (Å²) in [6.45, 7) is 2.01. The highest BCUT2D eigenvalue weighted by molar-refractivity contribution is 7.89. The molecular weight excluding hydrogens is 260 g/mol. The molecule has 0 aliphatic carbocycles. The van der Waals surface area contributed by atoms with Crippen molar-refractivity contribution < 1.29 is 8.42 Å². The van der Waals surface area contributed by atoms with Gasteiger partial charge in [0.15, 0.2) is 0 Å². The Balaban J connectivity index is 2.44. The van der Waals surface area contributed by atoms with Crippen molar-refractivity contribution in [2.45, 2.75) is 18.2 Å². The molecule has 0 spiro atoms. The minimum atomic E-state index is -3.62. The van der Waals surface area contributed by atoms with E-state index in [2.05, 4.69) is 5.10 Å². The summed E-state index contributed by atoms with van der Waals surface area (Å²) in [7, 11) is -3.62. The molecule has 1 heterocycles. The molecule has 0 fully saturated rings. The molecule has 0 amide bonds. The van der Waals surface area contributed by atoms with E-state index in [1.54, 1.807) is 24.3 Å². The molecule has 2 rings (SSSR count). The second-order valence-corrected chi connectivity index (χ2v) is 5.77. The van der Waals surface area contributed by atoms with Crippen molar-refractivity contribution in [1.82, 2.24) is 9.19 Å². The number of hydrogen-bond acceptors (Lipinski definition) is 3. The minimum absolute atomic E-state index is 0.203. The van der Waals surface area contributed by atoms with Gasteiger partial charge in [-0.1, -0.05) is 30.7 Å². The fourth-order valence-electron chi connectivity index (χ4n) is 1.42. The largest absolute Gasteiger partial charge is 0.282 e. The first kappa shape index (κ1) is 12.1. The molecule has 90 valence electrons. The summed E-state index contributed by atoms with van der Waals surface area (Å²) in [4.78, 5) is 0.203. The molecule has 6 heteroatoms. The highest BCUT2D eigenvalue weighted by atomic mass is 35.5. The lowest BCUT2D eigenvalue weighted by molar-refractivity contribution is 0.580. The van der Waals surface area contributed by atoms with Gasteiger partial charge < -0.3 is 0 Å². The highest BCUT2D eigenvalue weighted by Gasteiger charge is 2.17. The topological polar surface area (TPSA) is 52.0 Å². The lowest BCUT2D eigenvalue weighted by Gasteiger charge is -2.04. The molecule has 2 aromatic rings. The van der Waals surface area contributed by atoms with Crippen molar-refractivity contribution in [2.75, 3.05) is 0 Å². The van der Waals surface area contributed by atoms with E-state index >= 15 is 0 Å². The van der Waals surface area contributed by atoms with Crippen LogP contribution in [0.3, 0.4) is 0 Å². The van der Waals surface area contributed by atoms with Crippen molar-refractivity contribution in [3.05, 3.63) is 47.2 Å². The molecule has 1 aromatic heterocycles. The Morgan fingerprint density at radius 1 is 1.29 bits per heavy atom. The Labute approximate surface area is 105 Å². The molecule has 4 nitrogen and oxygen atoms in total. The molecular formula is C11H11ClN2O2S. The Kier molecular flexibility index (Phi) is 3.22. The Morgan fingerprint density at radius 3 is 2.41 bits per heavy atom. The van der Waals surface area contributed by atoms with Crippen LogP contribution in [0.1, 0.15) is 12.5 Å². The summed E-state index contributed by atoms with van der Waals surface area (Å²) in [5, 5.41) is 3.99. The Hall–Kier alpha value is -1.33. The van der Waals surface area contributed by atoms with Gasteiger partial charge in [0.25, 0.3) is 10.0 Å². The lowest BCUT2D eigenvalue weighted by Crippen LogP contribution is -2.13. The number of hydrogen-bond donors (Lipinski definition) is 0. The van der Waals surface area contributed by atoms with Crippen LogP contribution >= 0.6 is 11.6 Å². The monoisotopic (exact) mass is 270 g/mol. The fraction of sp³-hybridized carbons (Fsp3) is 0.182. The van der Waals surface area contributed by atoms with Gasteiger partial charge in [0.1, 0.15) is 0 Å². The highest BCUT2D eigenvalue weighted by Crippen LogP contribution is 2.16. The first-order valence-corrected chi connectivity index (χ1v) is 6.90. The smallest absolute Gasteiger partial charge is 0.199 e. The molecule has 0 bridgehead atoms. The van der Waals surface area contributed by atoms with Crippen LogP contribution in [0.15, 0.2) is 41.6 Å². The van der Waals surface area contributed by atoms with Gasteiger partial charge >= 0.3 is 0 Å². The van der Waals surface area contributed by atoms with Crippen LogP contribution in [0.25, 0.3) is 0 Å². The Bertz CT molecular complexity index is 617. The molecule has 1 aromatic carbocycles. The number of aromatic nitrogens is 2. The van der Waals surface area contributed by atoms with Gasteiger partial charge in [0.05, 0.1) is 22.3 Å². The van der Waals surface area contributed by atoms with Crippen molar-refractivity contribution in [1.29, 1.82) is 0 Å². The summed E-state index contributed by atoms with van der Waals surface area (Å²) in [6.07, 6.45) is 3.43. The number of nitrogens with zero attached hydrogens (tertiary/aromatic N) is 2. The van der Waals surface area contributed by atoms with Crippen LogP contribution in [-0.4, -0.2) is 17.6 Å². The van der Waals surface area contributed by atoms with Crippen LogP contribution in [0.2, 0.25) is 5.02 Å². The molecule has 17 heavy (non-hydrogen) atoms. The van der Waals surface area contributed by atoms with Crippen molar-refractivity contribution >= 4 is 21.6 Å². The molecule has 0 unspecified atom stereocenters. The summed E-state index contributed by atoms with van der Waals surface area (Å²) >= 11 is 5.65. The van der Waals surface area contributed by atoms with E-state index in [1.807, 2.05) is 6.92 Å². The zero-order chi connectivity index (χ0) is 12.5. The van der Waals surface area contributed by atoms with Gasteiger partial charge in [0, 0.05) is 0 Å². The van der Waals surface area contributed by atoms with E-state index < -0.39 is 10.0 Å². The van der Waals surface area contributed by atoms with E-state index in [4.69, 9.17) is 11.6 Å². The maximum atomic E-state index is 12.1. The first-order chi connectivity index (χ1) is 8.04.